The maximum absolute atomic E-state index is 6.36. The highest BCUT2D eigenvalue weighted by molar-refractivity contribution is 6.32. The minimum absolute atomic E-state index is 0.400. The van der Waals surface area contributed by atoms with Crippen LogP contribution >= 0.6 is 11.6 Å². The van der Waals surface area contributed by atoms with Crippen molar-refractivity contribution in [2.45, 2.75) is 46.1 Å². The molecule has 90 valence electrons. The van der Waals surface area contributed by atoms with Crippen molar-refractivity contribution in [3.63, 3.8) is 0 Å². The Bertz CT molecular complexity index is 323. The van der Waals surface area contributed by atoms with Crippen molar-refractivity contribution in [3.05, 3.63) is 34.3 Å². The molecular weight excluding hydrogens is 218 g/mol. The minimum atomic E-state index is 0.400. The first-order valence-corrected chi connectivity index (χ1v) is 6.56. The predicted molar refractivity (Wildman–Crippen MR) is 72.1 cm³/mol. The van der Waals surface area contributed by atoms with Gasteiger partial charge in [0, 0.05) is 11.1 Å². The second-order valence-electron chi connectivity index (χ2n) is 4.27. The van der Waals surface area contributed by atoms with Crippen molar-refractivity contribution in [3.8, 4) is 0 Å². The lowest BCUT2D eigenvalue weighted by Crippen LogP contribution is -2.22. The number of aryl methyl sites for hydroxylation is 1. The van der Waals surface area contributed by atoms with Crippen LogP contribution in [0, 0.1) is 6.92 Å². The van der Waals surface area contributed by atoms with E-state index >= 15 is 0 Å². The highest BCUT2D eigenvalue weighted by Crippen LogP contribution is 2.28. The molecule has 1 rings (SSSR count). The van der Waals surface area contributed by atoms with Crippen molar-refractivity contribution in [2.75, 3.05) is 6.54 Å². The molecule has 2 heteroatoms. The van der Waals surface area contributed by atoms with Gasteiger partial charge in [-0.25, -0.2) is 0 Å². The standard InChI is InChI=1S/C14H22ClN/c1-4-7-13(16-10-5-2)12-9-6-8-11(3)14(12)15/h6,8-9,13,16H,4-5,7,10H2,1-3H3. The molecule has 0 aliphatic carbocycles. The summed E-state index contributed by atoms with van der Waals surface area (Å²) in [4.78, 5) is 0. The van der Waals surface area contributed by atoms with Crippen LogP contribution in [0.3, 0.4) is 0 Å². The normalized spacial score (nSPS) is 12.8. The van der Waals surface area contributed by atoms with Crippen molar-refractivity contribution >= 4 is 11.6 Å². The Balaban J connectivity index is 2.86. The minimum Gasteiger partial charge on any atom is -0.310 e. The molecule has 0 saturated carbocycles. The third-order valence-corrected chi connectivity index (χ3v) is 3.33. The van der Waals surface area contributed by atoms with E-state index in [0.717, 1.165) is 24.4 Å². The Labute approximate surface area is 104 Å². The molecule has 0 saturated heterocycles. The zero-order valence-corrected chi connectivity index (χ0v) is 11.3. The number of benzene rings is 1. The van der Waals surface area contributed by atoms with Crippen LogP contribution < -0.4 is 5.32 Å². The van der Waals surface area contributed by atoms with Crippen LogP contribution in [0.25, 0.3) is 0 Å². The second-order valence-corrected chi connectivity index (χ2v) is 4.65. The van der Waals surface area contributed by atoms with Gasteiger partial charge in [0.1, 0.15) is 0 Å². The molecule has 1 N–H and O–H groups in total. The van der Waals surface area contributed by atoms with E-state index in [1.165, 1.54) is 17.5 Å². The zero-order chi connectivity index (χ0) is 12.0. The van der Waals surface area contributed by atoms with Gasteiger partial charge in [0.05, 0.1) is 0 Å². The molecule has 1 unspecified atom stereocenters. The van der Waals surface area contributed by atoms with Gasteiger partial charge in [0.2, 0.25) is 0 Å². The zero-order valence-electron chi connectivity index (χ0n) is 10.5. The Kier molecular flexibility index (Phi) is 5.86. The molecular formula is C14H22ClN. The van der Waals surface area contributed by atoms with Gasteiger partial charge < -0.3 is 5.32 Å². The van der Waals surface area contributed by atoms with Crippen LogP contribution in [0.1, 0.15) is 50.3 Å². The summed E-state index contributed by atoms with van der Waals surface area (Å²) >= 11 is 6.36. The van der Waals surface area contributed by atoms with E-state index in [9.17, 15) is 0 Å². The van der Waals surface area contributed by atoms with Gasteiger partial charge in [-0.3, -0.25) is 0 Å². The smallest absolute Gasteiger partial charge is 0.0482 e. The Hall–Kier alpha value is -0.530. The van der Waals surface area contributed by atoms with E-state index in [0.29, 0.717) is 6.04 Å². The molecule has 1 nitrogen and oxygen atoms in total. The van der Waals surface area contributed by atoms with Gasteiger partial charge in [-0.1, -0.05) is 50.1 Å². The molecule has 1 atom stereocenters. The van der Waals surface area contributed by atoms with Gasteiger partial charge in [-0.15, -0.1) is 0 Å². The van der Waals surface area contributed by atoms with Crippen LogP contribution in [-0.2, 0) is 0 Å². The summed E-state index contributed by atoms with van der Waals surface area (Å²) in [6, 6.07) is 6.69. The molecule has 1 aromatic carbocycles. The topological polar surface area (TPSA) is 12.0 Å². The molecule has 0 amide bonds. The monoisotopic (exact) mass is 239 g/mol. The molecule has 0 aliphatic heterocycles. The number of rotatable bonds is 6. The summed E-state index contributed by atoms with van der Waals surface area (Å²) in [5.74, 6) is 0. The third kappa shape index (κ3) is 3.50. The van der Waals surface area contributed by atoms with Crippen molar-refractivity contribution < 1.29 is 0 Å². The van der Waals surface area contributed by atoms with Gasteiger partial charge >= 0.3 is 0 Å². The maximum Gasteiger partial charge on any atom is 0.0482 e. The Morgan fingerprint density at radius 3 is 2.62 bits per heavy atom. The average Bonchev–Trinajstić information content (AvgIpc) is 2.28. The van der Waals surface area contributed by atoms with Gasteiger partial charge in [-0.2, -0.15) is 0 Å². The van der Waals surface area contributed by atoms with E-state index in [-0.39, 0.29) is 0 Å². The Morgan fingerprint density at radius 2 is 2.00 bits per heavy atom. The Morgan fingerprint density at radius 1 is 1.25 bits per heavy atom. The molecule has 0 bridgehead atoms. The summed E-state index contributed by atoms with van der Waals surface area (Å²) in [5, 5.41) is 4.49. The first-order chi connectivity index (χ1) is 7.70. The average molecular weight is 240 g/mol. The largest absolute Gasteiger partial charge is 0.310 e. The highest BCUT2D eigenvalue weighted by Gasteiger charge is 2.13. The number of nitrogens with one attached hydrogen (secondary N) is 1. The summed E-state index contributed by atoms with van der Waals surface area (Å²) in [7, 11) is 0. The summed E-state index contributed by atoms with van der Waals surface area (Å²) in [5.41, 5.74) is 2.41. The second kappa shape index (κ2) is 6.93. The lowest BCUT2D eigenvalue weighted by atomic mass is 10.00. The SMILES string of the molecule is CCCNC(CCC)c1cccc(C)c1Cl. The summed E-state index contributed by atoms with van der Waals surface area (Å²) in [6.45, 7) is 7.52. The predicted octanol–water partition coefficient (Wildman–Crippen LogP) is 4.49. The summed E-state index contributed by atoms with van der Waals surface area (Å²) in [6.07, 6.45) is 3.47. The van der Waals surface area contributed by atoms with Crippen molar-refractivity contribution in [1.29, 1.82) is 0 Å². The van der Waals surface area contributed by atoms with E-state index in [1.807, 2.05) is 0 Å². The summed E-state index contributed by atoms with van der Waals surface area (Å²) < 4.78 is 0. The van der Waals surface area contributed by atoms with Crippen LogP contribution in [0.4, 0.5) is 0 Å². The lowest BCUT2D eigenvalue weighted by molar-refractivity contribution is 0.494. The molecule has 0 spiro atoms. The molecule has 0 heterocycles. The number of halogens is 1. The first-order valence-electron chi connectivity index (χ1n) is 6.19. The van der Waals surface area contributed by atoms with Crippen LogP contribution in [-0.4, -0.2) is 6.54 Å². The molecule has 16 heavy (non-hydrogen) atoms. The van der Waals surface area contributed by atoms with E-state index < -0.39 is 0 Å². The van der Waals surface area contributed by atoms with Crippen LogP contribution in [0.15, 0.2) is 18.2 Å². The van der Waals surface area contributed by atoms with Gasteiger partial charge in [0.25, 0.3) is 0 Å². The van der Waals surface area contributed by atoms with Gasteiger partial charge in [0.15, 0.2) is 0 Å². The maximum atomic E-state index is 6.36. The highest BCUT2D eigenvalue weighted by atomic mass is 35.5. The molecule has 0 radical (unpaired) electrons. The molecule has 0 aromatic heterocycles. The van der Waals surface area contributed by atoms with E-state index in [2.05, 4.69) is 44.3 Å². The van der Waals surface area contributed by atoms with Crippen LogP contribution in [0.5, 0.6) is 0 Å². The third-order valence-electron chi connectivity index (χ3n) is 2.82. The molecule has 0 fully saturated rings. The number of hydrogen-bond acceptors (Lipinski definition) is 1. The van der Waals surface area contributed by atoms with Crippen molar-refractivity contribution in [2.24, 2.45) is 0 Å². The quantitative estimate of drug-likeness (QED) is 0.771. The van der Waals surface area contributed by atoms with E-state index in [4.69, 9.17) is 11.6 Å². The fraction of sp³-hybridized carbons (Fsp3) is 0.571. The first kappa shape index (κ1) is 13.5. The number of hydrogen-bond donors (Lipinski definition) is 1. The lowest BCUT2D eigenvalue weighted by Gasteiger charge is -2.20. The van der Waals surface area contributed by atoms with E-state index in [1.54, 1.807) is 0 Å². The van der Waals surface area contributed by atoms with Crippen LogP contribution in [0.2, 0.25) is 5.02 Å². The van der Waals surface area contributed by atoms with Gasteiger partial charge in [-0.05, 0) is 37.4 Å². The van der Waals surface area contributed by atoms with Crippen molar-refractivity contribution in [1.82, 2.24) is 5.32 Å². The molecule has 0 aliphatic rings. The molecule has 1 aromatic rings. The fourth-order valence-electron chi connectivity index (χ4n) is 1.91. The fourth-order valence-corrected chi connectivity index (χ4v) is 2.17.